The van der Waals surface area contributed by atoms with Crippen LogP contribution in [0.5, 0.6) is 0 Å². The summed E-state index contributed by atoms with van der Waals surface area (Å²) < 4.78 is 4.96. The molecule has 0 radical (unpaired) electrons. The van der Waals surface area contributed by atoms with Crippen LogP contribution in [0.25, 0.3) is 0 Å². The average Bonchev–Trinajstić information content (AvgIpc) is 3.48. The van der Waals surface area contributed by atoms with Gasteiger partial charge in [-0.15, -0.1) is 0 Å². The van der Waals surface area contributed by atoms with Crippen molar-refractivity contribution in [3.63, 3.8) is 0 Å². The van der Waals surface area contributed by atoms with Crippen molar-refractivity contribution in [2.45, 2.75) is 28.8 Å². The second-order valence-corrected chi connectivity index (χ2v) is 7.33. The molecule has 134 valence electrons. The Morgan fingerprint density at radius 1 is 1.38 bits per heavy atom. The van der Waals surface area contributed by atoms with Gasteiger partial charge in [0, 0.05) is 36.4 Å². The smallest absolute Gasteiger partial charge is 0.261 e. The van der Waals surface area contributed by atoms with E-state index in [4.69, 9.17) is 4.74 Å². The molecule has 7 heteroatoms. The number of hydrogen-bond donors (Lipinski definition) is 1. The maximum atomic E-state index is 13.1. The molecule has 1 aliphatic heterocycles. The summed E-state index contributed by atoms with van der Waals surface area (Å²) in [5.74, 6) is -0.167. The van der Waals surface area contributed by atoms with Crippen LogP contribution in [0.3, 0.4) is 0 Å². The minimum absolute atomic E-state index is 0.0147. The van der Waals surface area contributed by atoms with Gasteiger partial charge in [-0.1, -0.05) is 11.8 Å². The van der Waals surface area contributed by atoms with Gasteiger partial charge in [-0.3, -0.25) is 9.59 Å². The number of anilines is 1. The zero-order valence-corrected chi connectivity index (χ0v) is 15.2. The van der Waals surface area contributed by atoms with Crippen LogP contribution in [-0.2, 0) is 4.74 Å². The average molecular weight is 369 g/mol. The van der Waals surface area contributed by atoms with Crippen molar-refractivity contribution in [2.75, 3.05) is 25.2 Å². The van der Waals surface area contributed by atoms with E-state index in [1.54, 1.807) is 25.4 Å². The Bertz CT molecular complexity index is 867. The first kappa shape index (κ1) is 17.1. The first-order valence-corrected chi connectivity index (χ1v) is 9.38. The van der Waals surface area contributed by atoms with Crippen molar-refractivity contribution in [1.82, 2.24) is 10.3 Å². The third-order valence-electron chi connectivity index (χ3n) is 4.41. The van der Waals surface area contributed by atoms with Crippen molar-refractivity contribution in [1.29, 1.82) is 0 Å². The Kier molecular flexibility index (Phi) is 4.65. The Morgan fingerprint density at radius 2 is 2.23 bits per heavy atom. The van der Waals surface area contributed by atoms with Crippen molar-refractivity contribution < 1.29 is 14.3 Å². The molecular formula is C19H19N3O3S. The SMILES string of the molecule is COCCNC(=O)c1ccc2c(c1)Sc1ncccc1C(=O)N2C1CC1. The fraction of sp³-hybridized carbons (Fsp3) is 0.316. The number of carbonyl (C=O) groups is 2. The van der Waals surface area contributed by atoms with Crippen molar-refractivity contribution in [3.8, 4) is 0 Å². The van der Waals surface area contributed by atoms with Crippen molar-refractivity contribution in [3.05, 3.63) is 47.7 Å². The molecule has 4 rings (SSSR count). The summed E-state index contributed by atoms with van der Waals surface area (Å²) in [4.78, 5) is 32.5. The predicted octanol–water partition coefficient (Wildman–Crippen LogP) is 2.73. The van der Waals surface area contributed by atoms with E-state index in [0.29, 0.717) is 29.3 Å². The van der Waals surface area contributed by atoms with Gasteiger partial charge in [0.15, 0.2) is 0 Å². The minimum Gasteiger partial charge on any atom is -0.383 e. The van der Waals surface area contributed by atoms with E-state index in [0.717, 1.165) is 23.4 Å². The summed E-state index contributed by atoms with van der Waals surface area (Å²) in [6.45, 7) is 0.920. The van der Waals surface area contributed by atoms with Crippen LogP contribution in [0.2, 0.25) is 0 Å². The Labute approximate surface area is 155 Å². The molecule has 0 atom stereocenters. The van der Waals surface area contributed by atoms with Crippen LogP contribution < -0.4 is 10.2 Å². The molecule has 6 nitrogen and oxygen atoms in total. The minimum atomic E-state index is -0.153. The lowest BCUT2D eigenvalue weighted by molar-refractivity contribution is 0.0936. The lowest BCUT2D eigenvalue weighted by Gasteiger charge is -2.22. The largest absolute Gasteiger partial charge is 0.383 e. The molecule has 0 unspecified atom stereocenters. The number of benzene rings is 1. The second-order valence-electron chi connectivity index (χ2n) is 6.30. The molecule has 1 aromatic heterocycles. The van der Waals surface area contributed by atoms with E-state index in [1.165, 1.54) is 11.8 Å². The van der Waals surface area contributed by atoms with E-state index in [9.17, 15) is 9.59 Å². The number of pyridine rings is 1. The first-order valence-electron chi connectivity index (χ1n) is 8.56. The maximum Gasteiger partial charge on any atom is 0.261 e. The molecule has 0 saturated heterocycles. The van der Waals surface area contributed by atoms with E-state index in [1.807, 2.05) is 23.1 Å². The second kappa shape index (κ2) is 7.09. The maximum absolute atomic E-state index is 13.1. The van der Waals surface area contributed by atoms with Gasteiger partial charge in [-0.05, 0) is 43.2 Å². The van der Waals surface area contributed by atoms with Gasteiger partial charge in [-0.2, -0.15) is 0 Å². The van der Waals surface area contributed by atoms with Crippen LogP contribution in [-0.4, -0.2) is 43.1 Å². The highest BCUT2D eigenvalue weighted by atomic mass is 32.2. The van der Waals surface area contributed by atoms with Crippen LogP contribution in [0.15, 0.2) is 46.5 Å². The number of nitrogens with zero attached hydrogens (tertiary/aromatic N) is 2. The van der Waals surface area contributed by atoms with Gasteiger partial charge in [0.2, 0.25) is 0 Å². The number of carbonyl (C=O) groups excluding carboxylic acids is 2. The number of methoxy groups -OCH3 is 1. The number of rotatable bonds is 5. The number of aromatic nitrogens is 1. The molecule has 1 N–H and O–H groups in total. The van der Waals surface area contributed by atoms with Crippen LogP contribution in [0.1, 0.15) is 33.6 Å². The first-order chi connectivity index (χ1) is 12.7. The summed E-state index contributed by atoms with van der Waals surface area (Å²) in [6, 6.07) is 9.32. The van der Waals surface area contributed by atoms with Crippen LogP contribution >= 0.6 is 11.8 Å². The Hall–Kier alpha value is -2.38. The van der Waals surface area contributed by atoms with E-state index in [2.05, 4.69) is 10.3 Å². The fourth-order valence-corrected chi connectivity index (χ4v) is 4.02. The molecule has 1 aromatic carbocycles. The summed E-state index contributed by atoms with van der Waals surface area (Å²) in [7, 11) is 1.60. The third kappa shape index (κ3) is 3.20. The molecule has 26 heavy (non-hydrogen) atoms. The number of nitrogens with one attached hydrogen (secondary N) is 1. The zero-order chi connectivity index (χ0) is 18.1. The van der Waals surface area contributed by atoms with Gasteiger partial charge in [0.25, 0.3) is 11.8 Å². The summed E-state index contributed by atoms with van der Waals surface area (Å²) in [6.07, 6.45) is 3.70. The van der Waals surface area contributed by atoms with Crippen molar-refractivity contribution >= 4 is 29.3 Å². The molecule has 0 bridgehead atoms. The monoisotopic (exact) mass is 369 g/mol. The van der Waals surface area contributed by atoms with Crippen LogP contribution in [0, 0.1) is 0 Å². The van der Waals surface area contributed by atoms with Gasteiger partial charge < -0.3 is 15.0 Å². The quantitative estimate of drug-likeness (QED) is 0.821. The topological polar surface area (TPSA) is 71.5 Å². The lowest BCUT2D eigenvalue weighted by Crippen LogP contribution is -2.33. The summed E-state index contributed by atoms with van der Waals surface area (Å²) in [5.41, 5.74) is 2.04. The van der Waals surface area contributed by atoms with Gasteiger partial charge >= 0.3 is 0 Å². The number of amides is 2. The highest BCUT2D eigenvalue weighted by Crippen LogP contribution is 2.44. The molecule has 1 fully saturated rings. The van der Waals surface area contributed by atoms with E-state index < -0.39 is 0 Å². The summed E-state index contributed by atoms with van der Waals surface area (Å²) >= 11 is 1.44. The van der Waals surface area contributed by atoms with Crippen LogP contribution in [0.4, 0.5) is 5.69 Å². The Balaban J connectivity index is 1.71. The third-order valence-corrected chi connectivity index (χ3v) is 5.48. The standard InChI is InChI=1S/C19H19N3O3S/c1-25-10-9-20-17(23)12-4-7-15-16(11-12)26-18-14(3-2-8-21-18)19(24)22(15)13-5-6-13/h2-4,7-8,11,13H,5-6,9-10H2,1H3,(H,20,23). The van der Waals surface area contributed by atoms with E-state index >= 15 is 0 Å². The lowest BCUT2D eigenvalue weighted by atomic mass is 10.1. The number of hydrogen-bond acceptors (Lipinski definition) is 5. The molecule has 1 aliphatic carbocycles. The summed E-state index contributed by atoms with van der Waals surface area (Å²) in [5, 5.41) is 3.51. The molecule has 2 amide bonds. The highest BCUT2D eigenvalue weighted by molar-refractivity contribution is 7.99. The number of ether oxygens (including phenoxy) is 1. The number of fused-ring (bicyclic) bond motifs is 2. The molecule has 2 aromatic rings. The molecule has 2 aliphatic rings. The molecule has 2 heterocycles. The highest BCUT2D eigenvalue weighted by Gasteiger charge is 2.38. The zero-order valence-electron chi connectivity index (χ0n) is 14.4. The van der Waals surface area contributed by atoms with Crippen molar-refractivity contribution in [2.24, 2.45) is 0 Å². The molecular weight excluding hydrogens is 350 g/mol. The Morgan fingerprint density at radius 3 is 3.00 bits per heavy atom. The van der Waals surface area contributed by atoms with Gasteiger partial charge in [0.05, 0.1) is 17.9 Å². The molecule has 1 saturated carbocycles. The van der Waals surface area contributed by atoms with Gasteiger partial charge in [-0.25, -0.2) is 4.98 Å². The van der Waals surface area contributed by atoms with E-state index in [-0.39, 0.29) is 17.9 Å². The molecule has 0 spiro atoms. The van der Waals surface area contributed by atoms with Gasteiger partial charge in [0.1, 0.15) is 5.03 Å². The fourth-order valence-electron chi connectivity index (χ4n) is 2.98. The predicted molar refractivity (Wildman–Crippen MR) is 98.8 cm³/mol. The normalized spacial score (nSPS) is 15.9.